The molecule has 1 atom stereocenters. The van der Waals surface area contributed by atoms with Crippen molar-refractivity contribution in [1.29, 1.82) is 0 Å². The molecule has 0 aliphatic carbocycles. The average Bonchev–Trinajstić information content (AvgIpc) is 2.76. The Bertz CT molecular complexity index is 1000. The molecular weight excluding hydrogens is 358 g/mol. The lowest BCUT2D eigenvalue weighted by Crippen LogP contribution is -2.32. The Kier molecular flexibility index (Phi) is 5.48. The highest BCUT2D eigenvalue weighted by Crippen LogP contribution is 2.38. The van der Waals surface area contributed by atoms with E-state index in [1.54, 1.807) is 13.2 Å². The van der Waals surface area contributed by atoms with Gasteiger partial charge in [-0.3, -0.25) is 4.79 Å². The number of ether oxygens (including phenoxy) is 1. The van der Waals surface area contributed by atoms with Crippen molar-refractivity contribution in [2.45, 2.75) is 25.9 Å². The normalized spacial score (nSPS) is 16.5. The van der Waals surface area contributed by atoms with Crippen molar-refractivity contribution in [2.75, 3.05) is 7.11 Å². The fraction of sp³-hybridized carbons (Fsp3) is 0.192. The van der Waals surface area contributed by atoms with Gasteiger partial charge in [0.25, 0.3) is 0 Å². The molecule has 0 bridgehead atoms. The van der Waals surface area contributed by atoms with Crippen LogP contribution in [0.4, 0.5) is 0 Å². The number of aryl methyl sites for hydroxylation is 1. The number of allylic oxidation sites excluding steroid dienone is 1. The molecule has 3 aromatic rings. The first-order valence-electron chi connectivity index (χ1n) is 9.90. The van der Waals surface area contributed by atoms with E-state index in [1.165, 1.54) is 11.1 Å². The van der Waals surface area contributed by atoms with Crippen molar-refractivity contribution in [3.63, 3.8) is 0 Å². The van der Waals surface area contributed by atoms with E-state index in [9.17, 15) is 4.79 Å². The second-order valence-corrected chi connectivity index (χ2v) is 7.47. The summed E-state index contributed by atoms with van der Waals surface area (Å²) in [7, 11) is 1.67. The van der Waals surface area contributed by atoms with Gasteiger partial charge in [0, 0.05) is 24.7 Å². The summed E-state index contributed by atoms with van der Waals surface area (Å²) in [5.41, 5.74) is 5.59. The molecule has 0 saturated carbocycles. The van der Waals surface area contributed by atoms with Gasteiger partial charge in [0.15, 0.2) is 5.78 Å². The van der Waals surface area contributed by atoms with Crippen LogP contribution in [0.3, 0.4) is 0 Å². The molecule has 3 aromatic carbocycles. The molecule has 0 saturated heterocycles. The van der Waals surface area contributed by atoms with Crippen molar-refractivity contribution >= 4 is 11.5 Å². The Morgan fingerprint density at radius 3 is 2.28 bits per heavy atom. The minimum atomic E-state index is -0.0186. The van der Waals surface area contributed by atoms with Gasteiger partial charge in [-0.1, -0.05) is 72.3 Å². The van der Waals surface area contributed by atoms with E-state index in [4.69, 9.17) is 4.74 Å². The van der Waals surface area contributed by atoms with Crippen molar-refractivity contribution < 1.29 is 9.53 Å². The maximum absolute atomic E-state index is 12.7. The number of hydrogen-bond acceptors (Lipinski definition) is 3. The summed E-state index contributed by atoms with van der Waals surface area (Å²) in [4.78, 5) is 15.0. The van der Waals surface area contributed by atoms with E-state index in [-0.39, 0.29) is 11.8 Å². The summed E-state index contributed by atoms with van der Waals surface area (Å²) in [6.07, 6.45) is 2.27. The van der Waals surface area contributed by atoms with E-state index in [1.807, 2.05) is 18.2 Å². The Hall–Kier alpha value is -3.33. The molecule has 0 N–H and O–H groups in total. The largest absolute Gasteiger partial charge is 0.497 e. The lowest BCUT2D eigenvalue weighted by molar-refractivity contribution is -0.116. The summed E-state index contributed by atoms with van der Waals surface area (Å²) in [6.45, 7) is 2.82. The second kappa shape index (κ2) is 8.36. The van der Waals surface area contributed by atoms with Gasteiger partial charge in [-0.05, 0) is 35.7 Å². The quantitative estimate of drug-likeness (QED) is 0.578. The van der Waals surface area contributed by atoms with E-state index < -0.39 is 0 Å². The van der Waals surface area contributed by atoms with Crippen LogP contribution in [0.15, 0.2) is 84.9 Å². The van der Waals surface area contributed by atoms with E-state index >= 15 is 0 Å². The maximum Gasteiger partial charge on any atom is 0.160 e. The Morgan fingerprint density at radius 2 is 1.62 bits per heavy atom. The van der Waals surface area contributed by atoms with Gasteiger partial charge in [-0.2, -0.15) is 0 Å². The molecule has 0 fully saturated rings. The number of nitrogens with zero attached hydrogens (tertiary/aromatic N) is 1. The van der Waals surface area contributed by atoms with Crippen LogP contribution in [0.25, 0.3) is 5.70 Å². The van der Waals surface area contributed by atoms with E-state index in [0.717, 1.165) is 29.1 Å². The van der Waals surface area contributed by atoms with E-state index in [2.05, 4.69) is 72.5 Å². The summed E-state index contributed by atoms with van der Waals surface area (Å²) in [5, 5.41) is 0. The molecule has 1 unspecified atom stereocenters. The van der Waals surface area contributed by atoms with Crippen LogP contribution < -0.4 is 4.74 Å². The number of benzene rings is 3. The minimum Gasteiger partial charge on any atom is -0.497 e. The Balaban J connectivity index is 1.77. The topological polar surface area (TPSA) is 29.5 Å². The van der Waals surface area contributed by atoms with Crippen molar-refractivity contribution in [2.24, 2.45) is 0 Å². The molecule has 0 amide bonds. The molecular formula is C26H25NO2. The van der Waals surface area contributed by atoms with Crippen LogP contribution in [0.5, 0.6) is 5.75 Å². The van der Waals surface area contributed by atoms with Crippen molar-refractivity contribution in [3.8, 4) is 5.75 Å². The zero-order valence-corrected chi connectivity index (χ0v) is 16.8. The number of carbonyl (C=O) groups is 1. The number of hydrogen-bond donors (Lipinski definition) is 0. The highest BCUT2D eigenvalue weighted by molar-refractivity contribution is 5.98. The number of carbonyl (C=O) groups excluding carboxylic acids is 1. The van der Waals surface area contributed by atoms with Crippen molar-refractivity contribution in [3.05, 3.63) is 107 Å². The van der Waals surface area contributed by atoms with Crippen LogP contribution in [-0.4, -0.2) is 17.8 Å². The summed E-state index contributed by atoms with van der Waals surface area (Å²) in [6, 6.07) is 26.8. The Morgan fingerprint density at radius 1 is 0.931 bits per heavy atom. The smallest absolute Gasteiger partial charge is 0.160 e. The third kappa shape index (κ3) is 4.24. The van der Waals surface area contributed by atoms with Crippen molar-refractivity contribution in [1.82, 2.24) is 4.90 Å². The number of ketones is 1. The van der Waals surface area contributed by atoms with Crippen LogP contribution >= 0.6 is 0 Å². The zero-order chi connectivity index (χ0) is 20.2. The van der Waals surface area contributed by atoms with Gasteiger partial charge >= 0.3 is 0 Å². The molecule has 146 valence electrons. The van der Waals surface area contributed by atoms with Gasteiger partial charge in [0.1, 0.15) is 5.75 Å². The first kappa shape index (κ1) is 19.0. The summed E-state index contributed by atoms with van der Waals surface area (Å²) in [5.74, 6) is 0.977. The van der Waals surface area contributed by atoms with Gasteiger partial charge in [-0.25, -0.2) is 0 Å². The number of methoxy groups -OCH3 is 1. The molecule has 1 aliphatic heterocycles. The maximum atomic E-state index is 12.7. The van der Waals surface area contributed by atoms with Gasteiger partial charge in [0.05, 0.1) is 13.2 Å². The monoisotopic (exact) mass is 383 g/mol. The third-order valence-electron chi connectivity index (χ3n) is 5.42. The molecule has 0 aromatic heterocycles. The van der Waals surface area contributed by atoms with Crippen LogP contribution in [0, 0.1) is 6.92 Å². The molecule has 1 aliphatic rings. The SMILES string of the molecule is COc1ccc(C2CC(=O)C=C(c3ccc(C)cc3)N2Cc2ccccc2)cc1. The fourth-order valence-corrected chi connectivity index (χ4v) is 3.84. The lowest BCUT2D eigenvalue weighted by atomic mass is 9.92. The average molecular weight is 383 g/mol. The highest BCUT2D eigenvalue weighted by Gasteiger charge is 2.30. The predicted molar refractivity (Wildman–Crippen MR) is 117 cm³/mol. The zero-order valence-electron chi connectivity index (χ0n) is 16.8. The second-order valence-electron chi connectivity index (χ2n) is 7.47. The molecule has 3 heteroatoms. The fourth-order valence-electron chi connectivity index (χ4n) is 3.84. The minimum absolute atomic E-state index is 0.0186. The van der Waals surface area contributed by atoms with Gasteiger partial charge in [0.2, 0.25) is 0 Å². The molecule has 4 rings (SSSR count). The van der Waals surface area contributed by atoms with Gasteiger partial charge < -0.3 is 9.64 Å². The molecule has 0 radical (unpaired) electrons. The van der Waals surface area contributed by atoms with Gasteiger partial charge in [-0.15, -0.1) is 0 Å². The number of rotatable bonds is 5. The van der Waals surface area contributed by atoms with Crippen LogP contribution in [0.1, 0.15) is 34.7 Å². The highest BCUT2D eigenvalue weighted by atomic mass is 16.5. The molecule has 0 spiro atoms. The molecule has 3 nitrogen and oxygen atoms in total. The van der Waals surface area contributed by atoms with E-state index in [0.29, 0.717) is 6.42 Å². The first-order chi connectivity index (χ1) is 14.1. The summed E-state index contributed by atoms with van der Waals surface area (Å²) >= 11 is 0. The molecule has 29 heavy (non-hydrogen) atoms. The van der Waals surface area contributed by atoms with Crippen LogP contribution in [-0.2, 0) is 11.3 Å². The summed E-state index contributed by atoms with van der Waals surface area (Å²) < 4.78 is 5.31. The predicted octanol–water partition coefficient (Wildman–Crippen LogP) is 5.56. The lowest BCUT2D eigenvalue weighted by Gasteiger charge is -2.38. The molecule has 1 heterocycles. The third-order valence-corrected chi connectivity index (χ3v) is 5.42. The Labute approximate surface area is 172 Å². The van der Waals surface area contributed by atoms with Crippen LogP contribution in [0.2, 0.25) is 0 Å². The standard InChI is InChI=1S/C26H25NO2/c1-19-8-10-21(11-9-19)25-16-23(28)17-26(22-12-14-24(29-2)15-13-22)27(25)18-20-6-4-3-5-7-20/h3-16,26H,17-18H2,1-2H3. The first-order valence-corrected chi connectivity index (χ1v) is 9.90.